The standard InChI is InChI=1S/C13H20N4O2S/c1-17(7-9-3-2-5-15-9)8-11(18)16-13-10(12(14)19)4-6-20-13/h4,6,9,15H,2-3,5,7-8H2,1H3,(H2,14,19)(H,16,18). The van der Waals surface area contributed by atoms with E-state index in [0.29, 0.717) is 23.2 Å². The summed E-state index contributed by atoms with van der Waals surface area (Å²) < 4.78 is 0. The Morgan fingerprint density at radius 3 is 3.05 bits per heavy atom. The van der Waals surface area contributed by atoms with Crippen LogP contribution in [0.2, 0.25) is 0 Å². The first-order valence-corrected chi connectivity index (χ1v) is 7.53. The molecule has 1 unspecified atom stereocenters. The second-order valence-corrected chi connectivity index (χ2v) is 5.98. The fraction of sp³-hybridized carbons (Fsp3) is 0.538. The number of primary amides is 1. The number of amides is 2. The van der Waals surface area contributed by atoms with Crippen molar-refractivity contribution in [2.45, 2.75) is 18.9 Å². The highest BCUT2D eigenvalue weighted by Crippen LogP contribution is 2.22. The number of thiophene rings is 1. The van der Waals surface area contributed by atoms with Gasteiger partial charge >= 0.3 is 0 Å². The van der Waals surface area contributed by atoms with Gasteiger partial charge < -0.3 is 16.4 Å². The summed E-state index contributed by atoms with van der Waals surface area (Å²) in [6.07, 6.45) is 2.35. The summed E-state index contributed by atoms with van der Waals surface area (Å²) >= 11 is 1.30. The number of carbonyl (C=O) groups excluding carboxylic acids is 2. The SMILES string of the molecule is CN(CC(=O)Nc1sccc1C(N)=O)CC1CCCN1. The number of rotatable bonds is 6. The molecule has 20 heavy (non-hydrogen) atoms. The Labute approximate surface area is 122 Å². The Balaban J connectivity index is 1.82. The van der Waals surface area contributed by atoms with E-state index in [0.717, 1.165) is 19.5 Å². The molecule has 4 N–H and O–H groups in total. The van der Waals surface area contributed by atoms with E-state index in [2.05, 4.69) is 10.6 Å². The normalized spacial score (nSPS) is 18.4. The summed E-state index contributed by atoms with van der Waals surface area (Å²) in [5.74, 6) is -0.652. The van der Waals surface area contributed by atoms with Crippen LogP contribution in [0.5, 0.6) is 0 Å². The maximum Gasteiger partial charge on any atom is 0.251 e. The molecule has 1 saturated heterocycles. The van der Waals surface area contributed by atoms with Crippen molar-refractivity contribution >= 4 is 28.2 Å². The van der Waals surface area contributed by atoms with Gasteiger partial charge in [-0.25, -0.2) is 0 Å². The first-order valence-electron chi connectivity index (χ1n) is 6.65. The molecule has 2 rings (SSSR count). The van der Waals surface area contributed by atoms with Crippen LogP contribution in [0.4, 0.5) is 5.00 Å². The first-order chi connectivity index (χ1) is 9.56. The molecule has 1 atom stereocenters. The molecule has 110 valence electrons. The van der Waals surface area contributed by atoms with E-state index in [1.54, 1.807) is 11.4 Å². The lowest BCUT2D eigenvalue weighted by molar-refractivity contribution is -0.117. The summed E-state index contributed by atoms with van der Waals surface area (Å²) in [4.78, 5) is 25.1. The van der Waals surface area contributed by atoms with Crippen LogP contribution in [0.3, 0.4) is 0 Å². The number of nitrogens with zero attached hydrogens (tertiary/aromatic N) is 1. The third kappa shape index (κ3) is 4.03. The molecule has 7 heteroatoms. The van der Waals surface area contributed by atoms with Crippen LogP contribution in [0.25, 0.3) is 0 Å². The van der Waals surface area contributed by atoms with Crippen LogP contribution in [0.1, 0.15) is 23.2 Å². The van der Waals surface area contributed by atoms with Crippen molar-refractivity contribution in [1.82, 2.24) is 10.2 Å². The summed E-state index contributed by atoms with van der Waals surface area (Å²) in [7, 11) is 1.92. The van der Waals surface area contributed by atoms with Gasteiger partial charge in [-0.3, -0.25) is 14.5 Å². The van der Waals surface area contributed by atoms with E-state index < -0.39 is 5.91 Å². The molecular formula is C13H20N4O2S. The second kappa shape index (κ2) is 6.83. The van der Waals surface area contributed by atoms with Gasteiger partial charge in [0, 0.05) is 12.6 Å². The Kier molecular flexibility index (Phi) is 5.11. The molecule has 1 fully saturated rings. The van der Waals surface area contributed by atoms with E-state index >= 15 is 0 Å². The predicted octanol–water partition coefficient (Wildman–Crippen LogP) is 0.469. The minimum atomic E-state index is -0.523. The highest BCUT2D eigenvalue weighted by molar-refractivity contribution is 7.14. The molecule has 0 spiro atoms. The van der Waals surface area contributed by atoms with Gasteiger partial charge in [0.05, 0.1) is 12.1 Å². The van der Waals surface area contributed by atoms with Crippen molar-refractivity contribution in [3.8, 4) is 0 Å². The van der Waals surface area contributed by atoms with Crippen LogP contribution in [0, 0.1) is 0 Å². The highest BCUT2D eigenvalue weighted by Gasteiger charge is 2.18. The van der Waals surface area contributed by atoms with E-state index in [4.69, 9.17) is 5.73 Å². The van der Waals surface area contributed by atoms with Crippen LogP contribution in [0.15, 0.2) is 11.4 Å². The van der Waals surface area contributed by atoms with Crippen molar-refractivity contribution in [2.75, 3.05) is 32.0 Å². The molecule has 1 aliphatic rings. The zero-order chi connectivity index (χ0) is 14.5. The maximum atomic E-state index is 12.0. The number of nitrogens with two attached hydrogens (primary N) is 1. The molecule has 0 bridgehead atoms. The first kappa shape index (κ1) is 15.0. The molecule has 2 heterocycles. The van der Waals surface area contributed by atoms with E-state index in [1.165, 1.54) is 17.8 Å². The van der Waals surface area contributed by atoms with E-state index in [9.17, 15) is 9.59 Å². The van der Waals surface area contributed by atoms with Crippen LogP contribution in [-0.2, 0) is 4.79 Å². The maximum absolute atomic E-state index is 12.0. The summed E-state index contributed by atoms with van der Waals surface area (Å²) in [6, 6.07) is 2.09. The van der Waals surface area contributed by atoms with E-state index in [-0.39, 0.29) is 5.91 Å². The molecule has 0 aromatic carbocycles. The van der Waals surface area contributed by atoms with Gasteiger partial charge in [0.25, 0.3) is 5.91 Å². The van der Waals surface area contributed by atoms with Crippen molar-refractivity contribution in [3.05, 3.63) is 17.0 Å². The van der Waals surface area contributed by atoms with E-state index in [1.807, 2.05) is 11.9 Å². The Hall–Kier alpha value is -1.44. The minimum Gasteiger partial charge on any atom is -0.366 e. The lowest BCUT2D eigenvalue weighted by Gasteiger charge is -2.20. The molecule has 0 aliphatic carbocycles. The molecule has 0 saturated carbocycles. The molecular weight excluding hydrogens is 276 g/mol. The molecule has 1 aromatic rings. The average molecular weight is 296 g/mol. The fourth-order valence-corrected chi connectivity index (χ4v) is 3.17. The fourth-order valence-electron chi connectivity index (χ4n) is 2.36. The lowest BCUT2D eigenvalue weighted by Crippen LogP contribution is -2.39. The van der Waals surface area contributed by atoms with Crippen molar-refractivity contribution < 1.29 is 9.59 Å². The van der Waals surface area contributed by atoms with Gasteiger partial charge in [0.1, 0.15) is 5.00 Å². The highest BCUT2D eigenvalue weighted by atomic mass is 32.1. The van der Waals surface area contributed by atoms with Gasteiger partial charge in [-0.15, -0.1) is 11.3 Å². The Morgan fingerprint density at radius 1 is 1.60 bits per heavy atom. The number of nitrogens with one attached hydrogen (secondary N) is 2. The van der Waals surface area contributed by atoms with Crippen LogP contribution < -0.4 is 16.4 Å². The van der Waals surface area contributed by atoms with Crippen LogP contribution in [-0.4, -0.2) is 49.4 Å². The zero-order valence-corrected chi connectivity index (χ0v) is 12.3. The third-order valence-corrected chi connectivity index (χ3v) is 4.12. The topological polar surface area (TPSA) is 87.5 Å². The molecule has 0 radical (unpaired) electrons. The number of anilines is 1. The van der Waals surface area contributed by atoms with Gasteiger partial charge in [-0.05, 0) is 37.9 Å². The summed E-state index contributed by atoms with van der Waals surface area (Å²) in [6.45, 7) is 2.21. The quantitative estimate of drug-likeness (QED) is 0.712. The predicted molar refractivity (Wildman–Crippen MR) is 80.0 cm³/mol. The molecule has 1 aliphatic heterocycles. The monoisotopic (exact) mass is 296 g/mol. The third-order valence-electron chi connectivity index (χ3n) is 3.29. The van der Waals surface area contributed by atoms with Crippen molar-refractivity contribution in [3.63, 3.8) is 0 Å². The smallest absolute Gasteiger partial charge is 0.251 e. The number of hydrogen-bond acceptors (Lipinski definition) is 5. The number of hydrogen-bond donors (Lipinski definition) is 3. The average Bonchev–Trinajstić information content (AvgIpc) is 2.99. The number of carbonyl (C=O) groups is 2. The van der Waals surface area contributed by atoms with Crippen molar-refractivity contribution in [2.24, 2.45) is 5.73 Å². The Bertz CT molecular complexity index is 482. The molecule has 1 aromatic heterocycles. The lowest BCUT2D eigenvalue weighted by atomic mass is 10.2. The summed E-state index contributed by atoms with van der Waals surface area (Å²) in [5.41, 5.74) is 5.61. The minimum absolute atomic E-state index is 0.129. The number of likely N-dealkylation sites (N-methyl/N-ethyl adjacent to an activating group) is 1. The van der Waals surface area contributed by atoms with Gasteiger partial charge in [-0.2, -0.15) is 0 Å². The Morgan fingerprint density at radius 2 is 2.40 bits per heavy atom. The molecule has 6 nitrogen and oxygen atoms in total. The van der Waals surface area contributed by atoms with Crippen LogP contribution >= 0.6 is 11.3 Å². The zero-order valence-electron chi connectivity index (χ0n) is 11.5. The van der Waals surface area contributed by atoms with Gasteiger partial charge in [-0.1, -0.05) is 0 Å². The summed E-state index contributed by atoms with van der Waals surface area (Å²) in [5, 5.41) is 8.40. The van der Waals surface area contributed by atoms with Gasteiger partial charge in [0.2, 0.25) is 5.91 Å². The van der Waals surface area contributed by atoms with Crippen molar-refractivity contribution in [1.29, 1.82) is 0 Å². The second-order valence-electron chi connectivity index (χ2n) is 5.07. The molecule has 2 amide bonds. The largest absolute Gasteiger partial charge is 0.366 e. The van der Waals surface area contributed by atoms with Gasteiger partial charge in [0.15, 0.2) is 0 Å².